The fraction of sp³-hybridized carbons (Fsp3) is 0.500. The van der Waals surface area contributed by atoms with Crippen LogP contribution in [0.5, 0.6) is 0 Å². The Hall–Kier alpha value is -2.02. The van der Waals surface area contributed by atoms with Crippen molar-refractivity contribution in [1.29, 1.82) is 0 Å². The van der Waals surface area contributed by atoms with Crippen LogP contribution in [0.1, 0.15) is 31.1 Å². The van der Waals surface area contributed by atoms with Gasteiger partial charge in [-0.05, 0) is 24.9 Å². The van der Waals surface area contributed by atoms with Crippen LogP contribution in [0.2, 0.25) is 0 Å². The lowest BCUT2D eigenvalue weighted by Crippen LogP contribution is -2.42. The van der Waals surface area contributed by atoms with Gasteiger partial charge in [0.15, 0.2) is 0 Å². The van der Waals surface area contributed by atoms with Crippen LogP contribution in [0.4, 0.5) is 10.1 Å². The largest absolute Gasteiger partial charge is 0.338 e. The number of carbonyl (C=O) groups excluding carboxylic acids is 1. The highest BCUT2D eigenvalue weighted by molar-refractivity contribution is 5.95. The summed E-state index contributed by atoms with van der Waals surface area (Å²) in [4.78, 5) is 23.9. The third kappa shape index (κ3) is 4.22. The SMILES string of the molecule is CCN(CC(C)(C)CN)C(=O)c1cc([N+](=O)[O-])ccc1F. The summed E-state index contributed by atoms with van der Waals surface area (Å²) in [6, 6.07) is 2.94. The van der Waals surface area contributed by atoms with Crippen LogP contribution in [-0.2, 0) is 0 Å². The predicted octanol–water partition coefficient (Wildman–Crippen LogP) is 2.18. The lowest BCUT2D eigenvalue weighted by molar-refractivity contribution is -0.384. The first-order valence-corrected chi connectivity index (χ1v) is 6.65. The highest BCUT2D eigenvalue weighted by Gasteiger charge is 2.26. The molecule has 21 heavy (non-hydrogen) atoms. The molecule has 0 saturated heterocycles. The van der Waals surface area contributed by atoms with Crippen LogP contribution in [0.25, 0.3) is 0 Å². The molecule has 0 bridgehead atoms. The average molecular weight is 297 g/mol. The molecular formula is C14H20FN3O3. The van der Waals surface area contributed by atoms with E-state index >= 15 is 0 Å². The molecule has 0 saturated carbocycles. The van der Waals surface area contributed by atoms with Crippen LogP contribution in [0, 0.1) is 21.3 Å². The summed E-state index contributed by atoms with van der Waals surface area (Å²) in [7, 11) is 0. The second kappa shape index (κ2) is 6.62. The molecule has 1 aromatic carbocycles. The summed E-state index contributed by atoms with van der Waals surface area (Å²) in [6.07, 6.45) is 0. The Morgan fingerprint density at radius 1 is 1.48 bits per heavy atom. The van der Waals surface area contributed by atoms with Gasteiger partial charge in [-0.2, -0.15) is 0 Å². The van der Waals surface area contributed by atoms with Crippen molar-refractivity contribution in [3.63, 3.8) is 0 Å². The molecule has 7 heteroatoms. The van der Waals surface area contributed by atoms with Crippen molar-refractivity contribution < 1.29 is 14.1 Å². The van der Waals surface area contributed by atoms with E-state index in [9.17, 15) is 19.3 Å². The highest BCUT2D eigenvalue weighted by atomic mass is 19.1. The van der Waals surface area contributed by atoms with Crippen LogP contribution < -0.4 is 5.73 Å². The van der Waals surface area contributed by atoms with Crippen molar-refractivity contribution in [3.8, 4) is 0 Å². The van der Waals surface area contributed by atoms with Gasteiger partial charge in [0.25, 0.3) is 11.6 Å². The quantitative estimate of drug-likeness (QED) is 0.643. The van der Waals surface area contributed by atoms with Crippen molar-refractivity contribution in [1.82, 2.24) is 4.90 Å². The Bertz CT molecular complexity index is 546. The normalized spacial score (nSPS) is 11.3. The van der Waals surface area contributed by atoms with E-state index in [2.05, 4.69) is 0 Å². The van der Waals surface area contributed by atoms with Crippen molar-refractivity contribution >= 4 is 11.6 Å². The number of nitro groups is 1. The molecule has 0 aromatic heterocycles. The van der Waals surface area contributed by atoms with Crippen molar-refractivity contribution in [2.75, 3.05) is 19.6 Å². The number of hydrogen-bond donors (Lipinski definition) is 1. The summed E-state index contributed by atoms with van der Waals surface area (Å²) in [5.74, 6) is -1.34. The molecular weight excluding hydrogens is 277 g/mol. The summed E-state index contributed by atoms with van der Waals surface area (Å²) in [6.45, 7) is 6.64. The molecule has 2 N–H and O–H groups in total. The Kier molecular flexibility index (Phi) is 5.37. The number of carbonyl (C=O) groups is 1. The van der Waals surface area contributed by atoms with Gasteiger partial charge < -0.3 is 10.6 Å². The maximum absolute atomic E-state index is 13.8. The number of benzene rings is 1. The van der Waals surface area contributed by atoms with Crippen LogP contribution in [0.3, 0.4) is 0 Å². The predicted molar refractivity (Wildman–Crippen MR) is 77.5 cm³/mol. The molecule has 0 aliphatic rings. The van der Waals surface area contributed by atoms with Crippen molar-refractivity contribution in [2.45, 2.75) is 20.8 Å². The average Bonchev–Trinajstić information content (AvgIpc) is 2.44. The Labute approximate surface area is 122 Å². The molecule has 0 unspecified atom stereocenters. The number of amides is 1. The van der Waals surface area contributed by atoms with E-state index in [1.54, 1.807) is 6.92 Å². The number of hydrogen-bond acceptors (Lipinski definition) is 4. The number of nitrogens with two attached hydrogens (primary N) is 1. The number of nitrogens with zero attached hydrogens (tertiary/aromatic N) is 2. The van der Waals surface area contributed by atoms with Crippen LogP contribution in [-0.4, -0.2) is 35.4 Å². The summed E-state index contributed by atoms with van der Waals surface area (Å²) in [5.41, 5.74) is 4.72. The maximum Gasteiger partial charge on any atom is 0.270 e. The lowest BCUT2D eigenvalue weighted by Gasteiger charge is -2.31. The monoisotopic (exact) mass is 297 g/mol. The fourth-order valence-corrected chi connectivity index (χ4v) is 1.87. The van der Waals surface area contributed by atoms with Gasteiger partial charge in [-0.3, -0.25) is 14.9 Å². The standard InChI is InChI=1S/C14H20FN3O3/c1-4-17(9-14(2,3)8-16)13(19)11-7-10(18(20)21)5-6-12(11)15/h5-7H,4,8-9,16H2,1-3H3. The van der Waals surface area contributed by atoms with Gasteiger partial charge >= 0.3 is 0 Å². The smallest absolute Gasteiger partial charge is 0.270 e. The molecule has 0 fully saturated rings. The Morgan fingerprint density at radius 2 is 2.10 bits per heavy atom. The molecule has 0 aliphatic carbocycles. The molecule has 0 aliphatic heterocycles. The zero-order chi connectivity index (χ0) is 16.2. The fourth-order valence-electron chi connectivity index (χ4n) is 1.87. The van der Waals surface area contributed by atoms with Gasteiger partial charge in [0.05, 0.1) is 10.5 Å². The number of non-ortho nitro benzene ring substituents is 1. The van der Waals surface area contributed by atoms with Crippen molar-refractivity contribution in [3.05, 3.63) is 39.7 Å². The summed E-state index contributed by atoms with van der Waals surface area (Å²) >= 11 is 0. The van der Waals surface area contributed by atoms with E-state index in [-0.39, 0.29) is 16.7 Å². The maximum atomic E-state index is 13.8. The van der Waals surface area contributed by atoms with E-state index < -0.39 is 16.6 Å². The molecule has 1 amide bonds. The Morgan fingerprint density at radius 3 is 2.57 bits per heavy atom. The minimum atomic E-state index is -0.769. The van der Waals surface area contributed by atoms with Gasteiger partial charge in [0.2, 0.25) is 0 Å². The van der Waals surface area contributed by atoms with Crippen LogP contribution >= 0.6 is 0 Å². The molecule has 1 rings (SSSR count). The first-order valence-electron chi connectivity index (χ1n) is 6.65. The third-order valence-corrected chi connectivity index (χ3v) is 3.23. The molecule has 0 atom stereocenters. The highest BCUT2D eigenvalue weighted by Crippen LogP contribution is 2.21. The summed E-state index contributed by atoms with van der Waals surface area (Å²) < 4.78 is 13.8. The number of rotatable bonds is 6. The third-order valence-electron chi connectivity index (χ3n) is 3.23. The topological polar surface area (TPSA) is 89.5 Å². The molecule has 6 nitrogen and oxygen atoms in total. The minimum absolute atomic E-state index is 0.293. The van der Waals surface area contributed by atoms with Gasteiger partial charge in [-0.1, -0.05) is 13.8 Å². The molecule has 1 aromatic rings. The first-order chi connectivity index (χ1) is 9.71. The second-order valence-electron chi connectivity index (χ2n) is 5.61. The van der Waals surface area contributed by atoms with Gasteiger partial charge in [0.1, 0.15) is 5.82 Å². The van der Waals surface area contributed by atoms with E-state index in [1.807, 2.05) is 13.8 Å². The van der Waals surface area contributed by atoms with Crippen LogP contribution in [0.15, 0.2) is 18.2 Å². The lowest BCUT2D eigenvalue weighted by atomic mass is 9.93. The molecule has 116 valence electrons. The first kappa shape index (κ1) is 17.0. The molecule has 0 spiro atoms. The zero-order valence-electron chi connectivity index (χ0n) is 12.4. The molecule has 0 radical (unpaired) electrons. The van der Waals surface area contributed by atoms with Gasteiger partial charge in [-0.25, -0.2) is 4.39 Å². The number of nitro benzene ring substituents is 1. The second-order valence-corrected chi connectivity index (χ2v) is 5.61. The van der Waals surface area contributed by atoms with E-state index in [4.69, 9.17) is 5.73 Å². The minimum Gasteiger partial charge on any atom is -0.338 e. The molecule has 0 heterocycles. The number of halogens is 1. The summed E-state index contributed by atoms with van der Waals surface area (Å²) in [5, 5.41) is 10.7. The van der Waals surface area contributed by atoms with Gasteiger partial charge in [-0.15, -0.1) is 0 Å². The van der Waals surface area contributed by atoms with E-state index in [0.717, 1.165) is 18.2 Å². The van der Waals surface area contributed by atoms with E-state index in [1.165, 1.54) is 4.90 Å². The van der Waals surface area contributed by atoms with E-state index in [0.29, 0.717) is 19.6 Å². The van der Waals surface area contributed by atoms with Crippen molar-refractivity contribution in [2.24, 2.45) is 11.1 Å². The Balaban J connectivity index is 3.10. The van der Waals surface area contributed by atoms with Gasteiger partial charge in [0, 0.05) is 25.2 Å². The zero-order valence-corrected chi connectivity index (χ0v) is 12.4.